The molecule has 0 amide bonds. The molecule has 3 rings (SSSR count). The van der Waals surface area contributed by atoms with Crippen LogP contribution < -0.4 is 20.1 Å². The van der Waals surface area contributed by atoms with Crippen LogP contribution >= 0.6 is 0 Å². The highest BCUT2D eigenvalue weighted by atomic mass is 16.5. The van der Waals surface area contributed by atoms with Crippen LogP contribution in [0.3, 0.4) is 0 Å². The van der Waals surface area contributed by atoms with Gasteiger partial charge >= 0.3 is 0 Å². The SMILES string of the molecule is COc1cc2c(c(OC)c1)C(CN)N(Cc1ccc(N(C)C)cc1)C2. The fraction of sp³-hybridized carbons (Fsp3) is 0.400. The molecule has 25 heavy (non-hydrogen) atoms. The number of nitrogens with zero attached hydrogens (tertiary/aromatic N) is 2. The van der Waals surface area contributed by atoms with E-state index in [0.717, 1.165) is 24.6 Å². The lowest BCUT2D eigenvalue weighted by atomic mass is 10.0. The van der Waals surface area contributed by atoms with Crippen LogP contribution in [0, 0.1) is 0 Å². The summed E-state index contributed by atoms with van der Waals surface area (Å²) in [6.07, 6.45) is 0. The molecule has 5 heteroatoms. The largest absolute Gasteiger partial charge is 0.497 e. The highest BCUT2D eigenvalue weighted by Gasteiger charge is 2.32. The molecule has 134 valence electrons. The van der Waals surface area contributed by atoms with Crippen LogP contribution in [-0.4, -0.2) is 39.8 Å². The van der Waals surface area contributed by atoms with Crippen molar-refractivity contribution in [3.05, 3.63) is 53.1 Å². The van der Waals surface area contributed by atoms with Crippen molar-refractivity contribution in [3.63, 3.8) is 0 Å². The van der Waals surface area contributed by atoms with Crippen molar-refractivity contribution in [1.29, 1.82) is 0 Å². The number of rotatable bonds is 6. The Hall–Kier alpha value is -2.24. The average molecular weight is 341 g/mol. The van der Waals surface area contributed by atoms with Gasteiger partial charge in [-0.25, -0.2) is 0 Å². The van der Waals surface area contributed by atoms with E-state index >= 15 is 0 Å². The summed E-state index contributed by atoms with van der Waals surface area (Å²) in [5, 5.41) is 0. The Morgan fingerprint density at radius 2 is 1.84 bits per heavy atom. The Labute approximate surface area is 149 Å². The predicted octanol–water partition coefficient (Wildman–Crippen LogP) is 2.79. The van der Waals surface area contributed by atoms with E-state index in [2.05, 4.69) is 54.2 Å². The van der Waals surface area contributed by atoms with Gasteiger partial charge in [-0.15, -0.1) is 0 Å². The predicted molar refractivity (Wildman–Crippen MR) is 101 cm³/mol. The van der Waals surface area contributed by atoms with E-state index in [1.807, 2.05) is 6.07 Å². The second-order valence-electron chi connectivity index (χ2n) is 6.62. The van der Waals surface area contributed by atoms with Crippen molar-refractivity contribution in [2.45, 2.75) is 19.1 Å². The van der Waals surface area contributed by atoms with Crippen LogP contribution in [0.2, 0.25) is 0 Å². The fourth-order valence-corrected chi connectivity index (χ4v) is 3.53. The summed E-state index contributed by atoms with van der Waals surface area (Å²) >= 11 is 0. The van der Waals surface area contributed by atoms with Crippen molar-refractivity contribution in [3.8, 4) is 11.5 Å². The molecule has 1 atom stereocenters. The first-order valence-electron chi connectivity index (χ1n) is 8.52. The molecule has 1 unspecified atom stereocenters. The molecule has 0 saturated heterocycles. The molecular weight excluding hydrogens is 314 g/mol. The maximum Gasteiger partial charge on any atom is 0.127 e. The molecule has 1 aliphatic heterocycles. The minimum atomic E-state index is 0.157. The number of hydrogen-bond acceptors (Lipinski definition) is 5. The molecule has 2 aromatic rings. The van der Waals surface area contributed by atoms with Gasteiger partial charge < -0.3 is 20.1 Å². The van der Waals surface area contributed by atoms with Crippen molar-refractivity contribution in [2.75, 3.05) is 39.8 Å². The summed E-state index contributed by atoms with van der Waals surface area (Å²) in [7, 11) is 7.48. The average Bonchev–Trinajstić information content (AvgIpc) is 2.98. The topological polar surface area (TPSA) is 51.0 Å². The van der Waals surface area contributed by atoms with E-state index < -0.39 is 0 Å². The number of benzene rings is 2. The molecular formula is C20H27N3O2. The van der Waals surface area contributed by atoms with Crippen LogP contribution in [0.5, 0.6) is 11.5 Å². The van der Waals surface area contributed by atoms with Crippen molar-refractivity contribution < 1.29 is 9.47 Å². The highest BCUT2D eigenvalue weighted by molar-refractivity contribution is 5.51. The molecule has 5 nitrogen and oxygen atoms in total. The second-order valence-corrected chi connectivity index (χ2v) is 6.62. The third-order valence-electron chi connectivity index (χ3n) is 4.87. The number of nitrogens with two attached hydrogens (primary N) is 1. The summed E-state index contributed by atoms with van der Waals surface area (Å²) in [6, 6.07) is 12.9. The molecule has 1 aliphatic rings. The maximum atomic E-state index is 6.12. The molecule has 1 heterocycles. The first-order chi connectivity index (χ1) is 12.1. The molecule has 0 saturated carbocycles. The van der Waals surface area contributed by atoms with Gasteiger partial charge in [0.1, 0.15) is 11.5 Å². The van der Waals surface area contributed by atoms with Crippen molar-refractivity contribution >= 4 is 5.69 Å². The first kappa shape index (κ1) is 17.6. The fourth-order valence-electron chi connectivity index (χ4n) is 3.53. The Morgan fingerprint density at radius 1 is 1.12 bits per heavy atom. The molecule has 2 aromatic carbocycles. The minimum Gasteiger partial charge on any atom is -0.497 e. The molecule has 0 aromatic heterocycles. The Morgan fingerprint density at radius 3 is 2.40 bits per heavy atom. The lowest BCUT2D eigenvalue weighted by Crippen LogP contribution is -2.27. The van der Waals surface area contributed by atoms with Crippen molar-refractivity contribution in [2.24, 2.45) is 5.73 Å². The van der Waals surface area contributed by atoms with Gasteiger partial charge in [0.15, 0.2) is 0 Å². The normalized spacial score (nSPS) is 16.6. The lowest BCUT2D eigenvalue weighted by Gasteiger charge is -2.25. The van der Waals surface area contributed by atoms with Gasteiger partial charge in [-0.05, 0) is 29.3 Å². The van der Waals surface area contributed by atoms with E-state index in [1.54, 1.807) is 14.2 Å². The first-order valence-corrected chi connectivity index (χ1v) is 8.52. The Bertz CT molecular complexity index is 728. The summed E-state index contributed by atoms with van der Waals surface area (Å²) < 4.78 is 11.0. The standard InChI is InChI=1S/C20H27N3O2/c1-22(2)16-7-5-14(6-8-16)12-23-13-15-9-17(24-3)10-19(25-4)20(15)18(23)11-21/h5-10,18H,11-13,21H2,1-4H3. The van der Waals surface area contributed by atoms with E-state index in [1.165, 1.54) is 22.4 Å². The number of methoxy groups -OCH3 is 2. The maximum absolute atomic E-state index is 6.12. The quantitative estimate of drug-likeness (QED) is 0.875. The number of anilines is 1. The molecule has 0 aliphatic carbocycles. The van der Waals surface area contributed by atoms with E-state index in [4.69, 9.17) is 15.2 Å². The zero-order valence-electron chi connectivity index (χ0n) is 15.5. The summed E-state index contributed by atoms with van der Waals surface area (Å²) in [4.78, 5) is 4.51. The smallest absolute Gasteiger partial charge is 0.127 e. The minimum absolute atomic E-state index is 0.157. The van der Waals surface area contributed by atoms with Gasteiger partial charge in [0.05, 0.1) is 20.3 Å². The van der Waals surface area contributed by atoms with Gasteiger partial charge in [-0.1, -0.05) is 12.1 Å². The van der Waals surface area contributed by atoms with Crippen LogP contribution in [0.1, 0.15) is 22.7 Å². The second kappa shape index (κ2) is 7.33. The monoisotopic (exact) mass is 341 g/mol. The highest BCUT2D eigenvalue weighted by Crippen LogP contribution is 2.42. The molecule has 0 spiro atoms. The molecule has 0 fully saturated rings. The van der Waals surface area contributed by atoms with Gasteiger partial charge in [0.25, 0.3) is 0 Å². The third kappa shape index (κ3) is 3.43. The van der Waals surface area contributed by atoms with Crippen molar-refractivity contribution in [1.82, 2.24) is 4.90 Å². The molecule has 2 N–H and O–H groups in total. The van der Waals surface area contributed by atoms with E-state index in [-0.39, 0.29) is 6.04 Å². The van der Waals surface area contributed by atoms with Crippen LogP contribution in [0.15, 0.2) is 36.4 Å². The lowest BCUT2D eigenvalue weighted by molar-refractivity contribution is 0.208. The van der Waals surface area contributed by atoms with Crippen LogP contribution in [0.4, 0.5) is 5.69 Å². The zero-order chi connectivity index (χ0) is 18.0. The Kier molecular flexibility index (Phi) is 5.16. The summed E-state index contributed by atoms with van der Waals surface area (Å²) in [5.41, 5.74) is 11.0. The van der Waals surface area contributed by atoms with Gasteiger partial charge in [0.2, 0.25) is 0 Å². The number of hydrogen-bond donors (Lipinski definition) is 1. The third-order valence-corrected chi connectivity index (χ3v) is 4.87. The number of fused-ring (bicyclic) bond motifs is 1. The summed E-state index contributed by atoms with van der Waals surface area (Å²) in [5.74, 6) is 1.68. The van der Waals surface area contributed by atoms with Gasteiger partial charge in [0, 0.05) is 51.0 Å². The zero-order valence-corrected chi connectivity index (χ0v) is 15.5. The van der Waals surface area contributed by atoms with Gasteiger partial charge in [-0.3, -0.25) is 4.90 Å². The van der Waals surface area contributed by atoms with Gasteiger partial charge in [-0.2, -0.15) is 0 Å². The van der Waals surface area contributed by atoms with Crippen LogP contribution in [-0.2, 0) is 13.1 Å². The molecule has 0 radical (unpaired) electrons. The van der Waals surface area contributed by atoms with E-state index in [0.29, 0.717) is 6.54 Å². The van der Waals surface area contributed by atoms with Crippen LogP contribution in [0.25, 0.3) is 0 Å². The number of ether oxygens (including phenoxy) is 2. The van der Waals surface area contributed by atoms with E-state index in [9.17, 15) is 0 Å². The summed E-state index contributed by atoms with van der Waals surface area (Å²) in [6.45, 7) is 2.27. The Balaban J connectivity index is 1.86. The molecule has 0 bridgehead atoms.